The zero-order valence-electron chi connectivity index (χ0n) is 18.2. The van der Waals surface area contributed by atoms with Gasteiger partial charge in [0.05, 0.1) is 11.0 Å². The Kier molecular flexibility index (Phi) is 9.27. The zero-order chi connectivity index (χ0) is 21.2. The Bertz CT molecular complexity index is 919. The number of hydrogen-bond acceptors (Lipinski definition) is 3. The molecule has 4 nitrogen and oxygen atoms in total. The summed E-state index contributed by atoms with van der Waals surface area (Å²) in [5.41, 5.74) is 2.36. The quantitative estimate of drug-likeness (QED) is 0.604. The van der Waals surface area contributed by atoms with E-state index < -0.39 is 5.60 Å². The lowest BCUT2D eigenvalue weighted by molar-refractivity contribution is 0.0866. The van der Waals surface area contributed by atoms with E-state index in [2.05, 4.69) is 22.1 Å². The number of aryl methyl sites for hydroxylation is 1. The molecule has 1 unspecified atom stereocenters. The number of aliphatic hydroxyl groups is 1. The van der Waals surface area contributed by atoms with Crippen LogP contribution in [0.3, 0.4) is 0 Å². The summed E-state index contributed by atoms with van der Waals surface area (Å²) in [5.74, 6) is 6.71. The molecule has 3 rings (SSSR count). The number of imidazole rings is 1. The first-order chi connectivity index (χ1) is 13.6. The maximum Gasteiger partial charge on any atom is 0.203 e. The highest BCUT2D eigenvalue weighted by atomic mass is 16.3. The van der Waals surface area contributed by atoms with Gasteiger partial charge in [0.15, 0.2) is 0 Å². The average Bonchev–Trinajstić information content (AvgIpc) is 3.10. The third-order valence-corrected chi connectivity index (χ3v) is 4.35. The van der Waals surface area contributed by atoms with E-state index in [9.17, 15) is 5.11 Å². The summed E-state index contributed by atoms with van der Waals surface area (Å²) in [4.78, 5) is 4.53. The molecule has 0 spiro atoms. The van der Waals surface area contributed by atoms with Crippen molar-refractivity contribution in [3.05, 3.63) is 59.7 Å². The average molecular weight is 380 g/mol. The van der Waals surface area contributed by atoms with Gasteiger partial charge >= 0.3 is 0 Å². The first-order valence-electron chi connectivity index (χ1n) is 9.92. The number of rotatable bonds is 4. The van der Waals surface area contributed by atoms with Crippen LogP contribution < -0.4 is 5.32 Å². The van der Waals surface area contributed by atoms with Crippen molar-refractivity contribution < 1.29 is 5.11 Å². The summed E-state index contributed by atoms with van der Waals surface area (Å²) in [7, 11) is 3.80. The van der Waals surface area contributed by atoms with Crippen LogP contribution in [-0.2, 0) is 12.6 Å². The maximum absolute atomic E-state index is 11.5. The molecular weight excluding hydrogens is 346 g/mol. The van der Waals surface area contributed by atoms with Crippen molar-refractivity contribution >= 4 is 17.0 Å². The molecule has 2 aromatic carbocycles. The molecule has 0 bridgehead atoms. The Labute approximate surface area is 169 Å². The van der Waals surface area contributed by atoms with Gasteiger partial charge in [-0.15, -0.1) is 5.92 Å². The molecule has 28 heavy (non-hydrogen) atoms. The lowest BCUT2D eigenvalue weighted by Gasteiger charge is -2.27. The van der Waals surface area contributed by atoms with Gasteiger partial charge in [-0.2, -0.15) is 0 Å². The number of aromatic nitrogens is 2. The highest BCUT2D eigenvalue weighted by Crippen LogP contribution is 2.34. The summed E-state index contributed by atoms with van der Waals surface area (Å²) in [6.07, 6.45) is 0.343. The van der Waals surface area contributed by atoms with Gasteiger partial charge in [0.25, 0.3) is 0 Å². The number of nitrogens with zero attached hydrogens (tertiary/aromatic N) is 2. The Hall–Kier alpha value is -2.77. The van der Waals surface area contributed by atoms with Crippen LogP contribution in [0.4, 0.5) is 5.95 Å². The second kappa shape index (κ2) is 11.2. The summed E-state index contributed by atoms with van der Waals surface area (Å²) in [6, 6.07) is 15.5. The largest absolute Gasteiger partial charge is 0.379 e. The SMILES string of the molecule is CC.CC.CC#CCC(O)(c1ccccc1)c1ccc2nc(NC)n(C)c2c1. The molecule has 0 aliphatic heterocycles. The number of fused-ring (bicyclic) bond motifs is 1. The van der Waals surface area contributed by atoms with Crippen LogP contribution in [0.25, 0.3) is 11.0 Å². The minimum Gasteiger partial charge on any atom is -0.379 e. The van der Waals surface area contributed by atoms with Crippen LogP contribution in [0.2, 0.25) is 0 Å². The second-order valence-corrected chi connectivity index (χ2v) is 5.78. The van der Waals surface area contributed by atoms with Crippen LogP contribution in [0.5, 0.6) is 0 Å². The van der Waals surface area contributed by atoms with Crippen LogP contribution in [0.15, 0.2) is 48.5 Å². The van der Waals surface area contributed by atoms with E-state index in [-0.39, 0.29) is 0 Å². The summed E-state index contributed by atoms with van der Waals surface area (Å²) >= 11 is 0. The fraction of sp³-hybridized carbons (Fsp3) is 0.375. The summed E-state index contributed by atoms with van der Waals surface area (Å²) in [6.45, 7) is 9.79. The molecule has 1 atom stereocenters. The minimum atomic E-state index is -1.15. The van der Waals surface area contributed by atoms with Gasteiger partial charge in [-0.25, -0.2) is 4.98 Å². The lowest BCUT2D eigenvalue weighted by Crippen LogP contribution is -2.26. The van der Waals surface area contributed by atoms with E-state index in [1.807, 2.05) is 94.9 Å². The lowest BCUT2D eigenvalue weighted by atomic mass is 9.83. The van der Waals surface area contributed by atoms with Crippen molar-refractivity contribution in [2.24, 2.45) is 7.05 Å². The van der Waals surface area contributed by atoms with Gasteiger partial charge in [-0.3, -0.25) is 0 Å². The third-order valence-electron chi connectivity index (χ3n) is 4.35. The van der Waals surface area contributed by atoms with E-state index in [0.29, 0.717) is 6.42 Å². The van der Waals surface area contributed by atoms with Gasteiger partial charge in [0, 0.05) is 20.5 Å². The Balaban J connectivity index is 0.000000921. The molecule has 2 N–H and O–H groups in total. The highest BCUT2D eigenvalue weighted by Gasteiger charge is 2.31. The minimum absolute atomic E-state index is 0.343. The molecule has 1 heterocycles. The fourth-order valence-corrected chi connectivity index (χ4v) is 2.97. The Morgan fingerprint density at radius 3 is 2.25 bits per heavy atom. The smallest absolute Gasteiger partial charge is 0.203 e. The van der Waals surface area contributed by atoms with E-state index in [4.69, 9.17) is 0 Å². The number of anilines is 1. The normalized spacial score (nSPS) is 11.7. The second-order valence-electron chi connectivity index (χ2n) is 5.78. The Morgan fingerprint density at radius 2 is 1.68 bits per heavy atom. The topological polar surface area (TPSA) is 50.1 Å². The highest BCUT2D eigenvalue weighted by molar-refractivity contribution is 5.79. The molecule has 0 saturated heterocycles. The first kappa shape index (κ1) is 23.3. The van der Waals surface area contributed by atoms with Crippen LogP contribution in [0, 0.1) is 11.8 Å². The van der Waals surface area contributed by atoms with Crippen molar-refractivity contribution in [2.45, 2.75) is 46.6 Å². The molecule has 0 saturated carbocycles. The maximum atomic E-state index is 11.5. The van der Waals surface area contributed by atoms with Crippen molar-refractivity contribution in [2.75, 3.05) is 12.4 Å². The predicted molar refractivity (Wildman–Crippen MR) is 120 cm³/mol. The summed E-state index contributed by atoms with van der Waals surface area (Å²) in [5, 5.41) is 14.5. The monoisotopic (exact) mass is 379 g/mol. The van der Waals surface area contributed by atoms with Gasteiger partial charge in [-0.1, -0.05) is 70.0 Å². The standard InChI is InChI=1S/C20H21N3O.2C2H6/c1-4-5-13-20(24,15-9-7-6-8-10-15)16-11-12-17-18(14-16)23(3)19(21-2)22-17;2*1-2/h6-12,14,24H,13H2,1-3H3,(H,21,22);2*1-2H3. The third kappa shape index (κ3) is 4.74. The van der Waals surface area contributed by atoms with E-state index in [1.54, 1.807) is 6.92 Å². The van der Waals surface area contributed by atoms with Crippen LogP contribution in [0.1, 0.15) is 52.2 Å². The molecule has 150 valence electrons. The van der Waals surface area contributed by atoms with Crippen molar-refractivity contribution in [1.29, 1.82) is 0 Å². The van der Waals surface area contributed by atoms with Crippen molar-refractivity contribution in [3.63, 3.8) is 0 Å². The fourth-order valence-electron chi connectivity index (χ4n) is 2.97. The van der Waals surface area contributed by atoms with Gasteiger partial charge in [0.1, 0.15) is 5.60 Å². The molecule has 0 radical (unpaired) electrons. The molecular formula is C24H33N3O. The van der Waals surface area contributed by atoms with Gasteiger partial charge < -0.3 is 15.0 Å². The van der Waals surface area contributed by atoms with Crippen LogP contribution >= 0.6 is 0 Å². The molecule has 1 aromatic heterocycles. The van der Waals surface area contributed by atoms with E-state index >= 15 is 0 Å². The van der Waals surface area contributed by atoms with E-state index in [0.717, 1.165) is 28.1 Å². The Morgan fingerprint density at radius 1 is 1.04 bits per heavy atom. The number of benzene rings is 2. The first-order valence-corrected chi connectivity index (χ1v) is 9.92. The molecule has 0 amide bonds. The molecule has 4 heteroatoms. The summed E-state index contributed by atoms with van der Waals surface area (Å²) < 4.78 is 1.98. The van der Waals surface area contributed by atoms with E-state index in [1.165, 1.54) is 0 Å². The number of nitrogens with one attached hydrogen (secondary N) is 1. The van der Waals surface area contributed by atoms with Crippen molar-refractivity contribution in [3.8, 4) is 11.8 Å². The van der Waals surface area contributed by atoms with Crippen molar-refractivity contribution in [1.82, 2.24) is 9.55 Å². The molecule has 0 fully saturated rings. The predicted octanol–water partition coefficient (Wildman–Crippen LogP) is 5.32. The van der Waals surface area contributed by atoms with Crippen LogP contribution in [-0.4, -0.2) is 21.7 Å². The zero-order valence-corrected chi connectivity index (χ0v) is 18.2. The van der Waals surface area contributed by atoms with Gasteiger partial charge in [-0.05, 0) is 30.2 Å². The molecule has 3 aromatic rings. The molecule has 0 aliphatic carbocycles. The number of hydrogen-bond donors (Lipinski definition) is 2. The van der Waals surface area contributed by atoms with Gasteiger partial charge in [0.2, 0.25) is 5.95 Å². The molecule has 0 aliphatic rings.